The highest BCUT2D eigenvalue weighted by Crippen LogP contribution is 2.37. The first-order chi connectivity index (χ1) is 10.5. The average Bonchev–Trinajstić information content (AvgIpc) is 2.88. The van der Waals surface area contributed by atoms with E-state index >= 15 is 0 Å². The van der Waals surface area contributed by atoms with E-state index in [1.807, 2.05) is 11.0 Å². The lowest BCUT2D eigenvalue weighted by Gasteiger charge is -2.38. The van der Waals surface area contributed by atoms with Crippen LogP contribution >= 0.6 is 22.9 Å². The van der Waals surface area contributed by atoms with Crippen molar-refractivity contribution in [1.29, 1.82) is 0 Å². The second-order valence-electron chi connectivity index (χ2n) is 6.87. The molecule has 0 N–H and O–H groups in total. The van der Waals surface area contributed by atoms with Crippen LogP contribution in [0.15, 0.2) is 6.07 Å². The van der Waals surface area contributed by atoms with Gasteiger partial charge in [-0.2, -0.15) is 0 Å². The van der Waals surface area contributed by atoms with Crippen LogP contribution in [0.1, 0.15) is 37.0 Å². The second kappa shape index (κ2) is 6.38. The molecule has 4 nitrogen and oxygen atoms in total. The Labute approximate surface area is 141 Å². The van der Waals surface area contributed by atoms with Crippen molar-refractivity contribution >= 4 is 33.8 Å². The highest BCUT2D eigenvalue weighted by Gasteiger charge is 2.31. The van der Waals surface area contributed by atoms with E-state index in [9.17, 15) is 4.79 Å². The van der Waals surface area contributed by atoms with Gasteiger partial charge in [0, 0.05) is 26.2 Å². The zero-order chi connectivity index (χ0) is 15.7. The van der Waals surface area contributed by atoms with Gasteiger partial charge in [0.2, 0.25) is 0 Å². The zero-order valence-electron chi connectivity index (χ0n) is 13.2. The summed E-state index contributed by atoms with van der Waals surface area (Å²) in [4.78, 5) is 17.0. The minimum atomic E-state index is 0.0773. The standard InChI is InChI=1S/C16H23ClN2O2S/c1-16(2)4-3-5-19(11-16)15(20)12-10-13(22-14(12)17)18-6-8-21-9-7-18/h10H,3-9,11H2,1-2H3. The fourth-order valence-corrected chi connectivity index (χ4v) is 4.51. The van der Waals surface area contributed by atoms with E-state index in [0.717, 1.165) is 50.8 Å². The Morgan fingerprint density at radius 1 is 1.32 bits per heavy atom. The Morgan fingerprint density at radius 3 is 2.73 bits per heavy atom. The molecule has 3 heterocycles. The Balaban J connectivity index is 1.76. The lowest BCUT2D eigenvalue weighted by Crippen LogP contribution is -2.43. The molecule has 1 amide bonds. The lowest BCUT2D eigenvalue weighted by molar-refractivity contribution is 0.0584. The van der Waals surface area contributed by atoms with Crippen LogP contribution in [0.3, 0.4) is 0 Å². The van der Waals surface area contributed by atoms with E-state index in [0.29, 0.717) is 9.90 Å². The number of hydrogen-bond donors (Lipinski definition) is 0. The molecule has 22 heavy (non-hydrogen) atoms. The topological polar surface area (TPSA) is 32.8 Å². The molecule has 0 aliphatic carbocycles. The highest BCUT2D eigenvalue weighted by atomic mass is 35.5. The molecule has 0 bridgehead atoms. The van der Waals surface area contributed by atoms with Crippen molar-refractivity contribution in [2.24, 2.45) is 5.41 Å². The van der Waals surface area contributed by atoms with Crippen LogP contribution in [0, 0.1) is 5.41 Å². The number of piperidine rings is 1. The molecule has 2 fully saturated rings. The third kappa shape index (κ3) is 3.42. The van der Waals surface area contributed by atoms with E-state index in [-0.39, 0.29) is 11.3 Å². The van der Waals surface area contributed by atoms with Crippen molar-refractivity contribution in [3.8, 4) is 0 Å². The number of amides is 1. The monoisotopic (exact) mass is 342 g/mol. The Kier molecular flexibility index (Phi) is 4.67. The van der Waals surface area contributed by atoms with Gasteiger partial charge < -0.3 is 14.5 Å². The molecule has 1 aromatic rings. The third-order valence-corrected chi connectivity index (χ3v) is 5.83. The fraction of sp³-hybridized carbons (Fsp3) is 0.688. The molecule has 0 spiro atoms. The van der Waals surface area contributed by atoms with Gasteiger partial charge in [-0.25, -0.2) is 0 Å². The third-order valence-electron chi connectivity index (χ3n) is 4.41. The normalized spacial score (nSPS) is 22.0. The first-order valence-electron chi connectivity index (χ1n) is 7.88. The number of morpholine rings is 1. The fourth-order valence-electron chi connectivity index (χ4n) is 3.21. The number of nitrogens with zero attached hydrogens (tertiary/aromatic N) is 2. The largest absolute Gasteiger partial charge is 0.378 e. The minimum absolute atomic E-state index is 0.0773. The Bertz CT molecular complexity index is 552. The molecule has 2 aliphatic heterocycles. The number of anilines is 1. The van der Waals surface area contributed by atoms with E-state index in [1.54, 1.807) is 0 Å². The summed E-state index contributed by atoms with van der Waals surface area (Å²) in [5.41, 5.74) is 0.856. The molecule has 0 aromatic carbocycles. The molecule has 0 atom stereocenters. The van der Waals surface area contributed by atoms with Crippen molar-refractivity contribution in [3.05, 3.63) is 16.0 Å². The Hall–Kier alpha value is -0.780. The van der Waals surface area contributed by atoms with Crippen LogP contribution in [-0.4, -0.2) is 50.2 Å². The number of thiophene rings is 1. The summed E-state index contributed by atoms with van der Waals surface area (Å²) in [6, 6.07) is 1.96. The van der Waals surface area contributed by atoms with Gasteiger partial charge in [-0.3, -0.25) is 4.79 Å². The van der Waals surface area contributed by atoms with E-state index in [2.05, 4.69) is 18.7 Å². The predicted octanol–water partition coefficient (Wildman–Crippen LogP) is 3.50. The minimum Gasteiger partial charge on any atom is -0.378 e. The summed E-state index contributed by atoms with van der Waals surface area (Å²) in [6.45, 7) is 9.29. The molecule has 1 aromatic heterocycles. The number of likely N-dealkylation sites (tertiary alicyclic amines) is 1. The number of carbonyl (C=O) groups excluding carboxylic acids is 1. The molecular weight excluding hydrogens is 320 g/mol. The summed E-state index contributed by atoms with van der Waals surface area (Å²) in [5, 5.41) is 1.08. The quantitative estimate of drug-likeness (QED) is 0.824. The number of hydrogen-bond acceptors (Lipinski definition) is 4. The summed E-state index contributed by atoms with van der Waals surface area (Å²) >= 11 is 7.86. The van der Waals surface area contributed by atoms with Crippen molar-refractivity contribution in [3.63, 3.8) is 0 Å². The van der Waals surface area contributed by atoms with Gasteiger partial charge in [0.1, 0.15) is 4.34 Å². The predicted molar refractivity (Wildman–Crippen MR) is 91.3 cm³/mol. The van der Waals surface area contributed by atoms with Gasteiger partial charge in [0.25, 0.3) is 5.91 Å². The molecule has 0 radical (unpaired) electrons. The maximum atomic E-state index is 12.8. The van der Waals surface area contributed by atoms with E-state index in [4.69, 9.17) is 16.3 Å². The summed E-state index contributed by atoms with van der Waals surface area (Å²) < 4.78 is 5.98. The van der Waals surface area contributed by atoms with Crippen LogP contribution in [0.5, 0.6) is 0 Å². The van der Waals surface area contributed by atoms with Gasteiger partial charge >= 0.3 is 0 Å². The second-order valence-corrected chi connectivity index (χ2v) is 8.50. The average molecular weight is 343 g/mol. The highest BCUT2D eigenvalue weighted by molar-refractivity contribution is 7.20. The Morgan fingerprint density at radius 2 is 2.05 bits per heavy atom. The van der Waals surface area contributed by atoms with E-state index in [1.165, 1.54) is 17.8 Å². The van der Waals surface area contributed by atoms with Crippen molar-refractivity contribution in [2.45, 2.75) is 26.7 Å². The van der Waals surface area contributed by atoms with Gasteiger partial charge in [-0.1, -0.05) is 25.4 Å². The SMILES string of the molecule is CC1(C)CCCN(C(=O)c2cc(N3CCOCC3)sc2Cl)C1. The number of ether oxygens (including phenoxy) is 1. The summed E-state index contributed by atoms with van der Waals surface area (Å²) in [5.74, 6) is 0.0773. The zero-order valence-corrected chi connectivity index (χ0v) is 14.8. The molecule has 2 aliphatic rings. The first kappa shape index (κ1) is 16.1. The van der Waals surface area contributed by atoms with Crippen LogP contribution in [0.2, 0.25) is 4.34 Å². The molecule has 6 heteroatoms. The molecule has 122 valence electrons. The summed E-state index contributed by atoms with van der Waals surface area (Å²) in [7, 11) is 0. The molecule has 3 rings (SSSR count). The maximum absolute atomic E-state index is 12.8. The van der Waals surface area contributed by atoms with Gasteiger partial charge in [0.05, 0.1) is 23.8 Å². The molecular formula is C16H23ClN2O2S. The van der Waals surface area contributed by atoms with Crippen molar-refractivity contribution in [2.75, 3.05) is 44.3 Å². The number of halogens is 1. The summed E-state index contributed by atoms with van der Waals surface area (Å²) in [6.07, 6.45) is 2.24. The first-order valence-corrected chi connectivity index (χ1v) is 9.07. The number of carbonyl (C=O) groups is 1. The number of rotatable bonds is 2. The van der Waals surface area contributed by atoms with Crippen molar-refractivity contribution < 1.29 is 9.53 Å². The van der Waals surface area contributed by atoms with Crippen LogP contribution in [0.4, 0.5) is 5.00 Å². The van der Waals surface area contributed by atoms with E-state index < -0.39 is 0 Å². The lowest BCUT2D eigenvalue weighted by atomic mass is 9.84. The van der Waals surface area contributed by atoms with Gasteiger partial charge in [-0.15, -0.1) is 11.3 Å². The molecule has 0 saturated carbocycles. The van der Waals surface area contributed by atoms with Crippen LogP contribution in [-0.2, 0) is 4.74 Å². The van der Waals surface area contributed by atoms with Gasteiger partial charge in [-0.05, 0) is 24.3 Å². The molecule has 2 saturated heterocycles. The smallest absolute Gasteiger partial charge is 0.256 e. The maximum Gasteiger partial charge on any atom is 0.256 e. The van der Waals surface area contributed by atoms with Crippen LogP contribution < -0.4 is 4.90 Å². The van der Waals surface area contributed by atoms with Gasteiger partial charge in [0.15, 0.2) is 0 Å². The van der Waals surface area contributed by atoms with Crippen molar-refractivity contribution in [1.82, 2.24) is 4.90 Å². The van der Waals surface area contributed by atoms with Crippen LogP contribution in [0.25, 0.3) is 0 Å². The molecule has 0 unspecified atom stereocenters.